The number of rotatable bonds is 5. The van der Waals surface area contributed by atoms with Crippen LogP contribution in [0.3, 0.4) is 0 Å². The molecular formula is C21H29N3OS. The lowest BCUT2D eigenvalue weighted by molar-refractivity contribution is -0.122. The number of piperidine rings is 1. The van der Waals surface area contributed by atoms with E-state index >= 15 is 0 Å². The quantitative estimate of drug-likeness (QED) is 0.858. The first-order valence-corrected chi connectivity index (χ1v) is 10.9. The van der Waals surface area contributed by atoms with Gasteiger partial charge in [0.15, 0.2) is 0 Å². The van der Waals surface area contributed by atoms with E-state index in [4.69, 9.17) is 4.98 Å². The summed E-state index contributed by atoms with van der Waals surface area (Å²) in [5.74, 6) is 1.46. The van der Waals surface area contributed by atoms with Crippen LogP contribution in [-0.2, 0) is 4.79 Å². The molecule has 140 valence electrons. The van der Waals surface area contributed by atoms with Crippen molar-refractivity contribution in [1.29, 1.82) is 0 Å². The molecule has 1 amide bonds. The van der Waals surface area contributed by atoms with Gasteiger partial charge in [0.1, 0.15) is 0 Å². The van der Waals surface area contributed by atoms with Crippen molar-refractivity contribution in [3.63, 3.8) is 0 Å². The Balaban J connectivity index is 1.22. The smallest absolute Gasteiger partial charge is 0.234 e. The Morgan fingerprint density at radius 2 is 1.88 bits per heavy atom. The number of nitrogens with zero attached hydrogens (tertiary/aromatic N) is 2. The summed E-state index contributed by atoms with van der Waals surface area (Å²) in [7, 11) is 0. The molecule has 2 fully saturated rings. The first-order valence-electron chi connectivity index (χ1n) is 10.1. The molecule has 0 atom stereocenters. The molecule has 5 heteroatoms. The molecule has 1 aliphatic carbocycles. The first kappa shape index (κ1) is 17.9. The minimum atomic E-state index is 0.203. The monoisotopic (exact) mass is 371 g/mol. The number of amides is 1. The van der Waals surface area contributed by atoms with Crippen LogP contribution in [0.4, 0.5) is 0 Å². The topological polar surface area (TPSA) is 45.2 Å². The lowest BCUT2D eigenvalue weighted by Crippen LogP contribution is -2.42. The molecule has 1 aliphatic heterocycles. The standard InChI is InChI=1S/C21H29N3OS/c25-20(22-14-16-6-2-1-3-7-16)15-24-12-10-17(11-13-24)21-23-18-8-4-5-9-19(18)26-21/h4-5,8-9,16-17H,1-3,6-7,10-15H2,(H,22,25). The van der Waals surface area contributed by atoms with Crippen LogP contribution < -0.4 is 5.32 Å². The molecule has 1 aromatic heterocycles. The second-order valence-corrected chi connectivity index (χ2v) is 8.94. The number of likely N-dealkylation sites (tertiary alicyclic amines) is 1. The second kappa shape index (κ2) is 8.49. The highest BCUT2D eigenvalue weighted by Crippen LogP contribution is 2.33. The minimum Gasteiger partial charge on any atom is -0.355 e. The molecule has 26 heavy (non-hydrogen) atoms. The number of aromatic nitrogens is 1. The van der Waals surface area contributed by atoms with Crippen LogP contribution in [0, 0.1) is 5.92 Å². The van der Waals surface area contributed by atoms with E-state index in [1.165, 1.54) is 41.8 Å². The zero-order chi connectivity index (χ0) is 17.8. The molecule has 1 saturated heterocycles. The average Bonchev–Trinajstić information content (AvgIpc) is 3.12. The Kier molecular flexibility index (Phi) is 5.85. The number of hydrogen-bond acceptors (Lipinski definition) is 4. The number of carbonyl (C=O) groups is 1. The van der Waals surface area contributed by atoms with E-state index in [0.717, 1.165) is 38.0 Å². The van der Waals surface area contributed by atoms with Crippen LogP contribution in [0.5, 0.6) is 0 Å². The molecule has 0 unspecified atom stereocenters. The zero-order valence-electron chi connectivity index (χ0n) is 15.5. The van der Waals surface area contributed by atoms with E-state index in [1.807, 2.05) is 11.3 Å². The van der Waals surface area contributed by atoms with E-state index in [-0.39, 0.29) is 5.91 Å². The van der Waals surface area contributed by atoms with E-state index in [1.54, 1.807) is 0 Å². The summed E-state index contributed by atoms with van der Waals surface area (Å²) in [5.41, 5.74) is 1.12. The van der Waals surface area contributed by atoms with Crippen molar-refractivity contribution in [2.45, 2.75) is 50.9 Å². The summed E-state index contributed by atoms with van der Waals surface area (Å²) in [4.78, 5) is 19.4. The summed E-state index contributed by atoms with van der Waals surface area (Å²) >= 11 is 1.83. The van der Waals surface area contributed by atoms with Crippen LogP contribution in [0.25, 0.3) is 10.2 Å². The van der Waals surface area contributed by atoms with Crippen LogP contribution in [0.15, 0.2) is 24.3 Å². The highest BCUT2D eigenvalue weighted by atomic mass is 32.1. The van der Waals surface area contributed by atoms with Gasteiger partial charge in [0.05, 0.1) is 21.8 Å². The molecule has 2 aromatic rings. The average molecular weight is 372 g/mol. The van der Waals surface area contributed by atoms with Gasteiger partial charge in [0, 0.05) is 12.5 Å². The van der Waals surface area contributed by atoms with Gasteiger partial charge in [-0.05, 0) is 56.8 Å². The molecule has 1 N–H and O–H groups in total. The Hall–Kier alpha value is -1.46. The van der Waals surface area contributed by atoms with Crippen molar-refractivity contribution < 1.29 is 4.79 Å². The normalized spacial score (nSPS) is 20.5. The van der Waals surface area contributed by atoms with Crippen molar-refractivity contribution >= 4 is 27.5 Å². The number of carbonyl (C=O) groups excluding carboxylic acids is 1. The van der Waals surface area contributed by atoms with Gasteiger partial charge in [0.25, 0.3) is 0 Å². The van der Waals surface area contributed by atoms with Gasteiger partial charge in [-0.1, -0.05) is 31.4 Å². The van der Waals surface area contributed by atoms with E-state index in [9.17, 15) is 4.79 Å². The van der Waals surface area contributed by atoms with Gasteiger partial charge in [0.2, 0.25) is 5.91 Å². The molecule has 2 heterocycles. The third kappa shape index (κ3) is 4.44. The maximum Gasteiger partial charge on any atom is 0.234 e. The van der Waals surface area contributed by atoms with Crippen molar-refractivity contribution in [3.8, 4) is 0 Å². The molecule has 0 bridgehead atoms. The van der Waals surface area contributed by atoms with Crippen LogP contribution in [0.2, 0.25) is 0 Å². The van der Waals surface area contributed by atoms with E-state index in [2.05, 4.69) is 34.5 Å². The van der Waals surface area contributed by atoms with E-state index < -0.39 is 0 Å². The van der Waals surface area contributed by atoms with E-state index in [0.29, 0.717) is 18.4 Å². The number of hydrogen-bond donors (Lipinski definition) is 1. The van der Waals surface area contributed by atoms with Gasteiger partial charge in [-0.15, -0.1) is 11.3 Å². The van der Waals surface area contributed by atoms with Gasteiger partial charge in [-0.2, -0.15) is 0 Å². The highest BCUT2D eigenvalue weighted by molar-refractivity contribution is 7.18. The van der Waals surface area contributed by atoms with Crippen LogP contribution in [0.1, 0.15) is 55.9 Å². The maximum atomic E-state index is 12.3. The largest absolute Gasteiger partial charge is 0.355 e. The van der Waals surface area contributed by atoms with Crippen molar-refractivity contribution in [1.82, 2.24) is 15.2 Å². The Morgan fingerprint density at radius 1 is 1.12 bits per heavy atom. The molecule has 4 nitrogen and oxygen atoms in total. The molecular weight excluding hydrogens is 342 g/mol. The van der Waals surface area contributed by atoms with Gasteiger partial charge in [-0.3, -0.25) is 9.69 Å². The highest BCUT2D eigenvalue weighted by Gasteiger charge is 2.24. The zero-order valence-corrected chi connectivity index (χ0v) is 16.3. The third-order valence-corrected chi connectivity index (χ3v) is 7.13. The summed E-state index contributed by atoms with van der Waals surface area (Å²) in [6, 6.07) is 8.39. The Morgan fingerprint density at radius 3 is 2.65 bits per heavy atom. The Bertz CT molecular complexity index is 697. The fraction of sp³-hybridized carbons (Fsp3) is 0.619. The maximum absolute atomic E-state index is 12.3. The number of para-hydroxylation sites is 1. The second-order valence-electron chi connectivity index (χ2n) is 7.88. The van der Waals surface area contributed by atoms with Crippen molar-refractivity contribution in [2.24, 2.45) is 5.92 Å². The Labute approximate surface area is 160 Å². The summed E-state index contributed by atoms with van der Waals surface area (Å²) in [6.07, 6.45) is 8.82. The lowest BCUT2D eigenvalue weighted by atomic mass is 9.89. The molecule has 1 aromatic carbocycles. The SMILES string of the molecule is O=C(CN1CCC(c2nc3ccccc3s2)CC1)NCC1CCCCC1. The lowest BCUT2D eigenvalue weighted by Gasteiger charge is -2.30. The summed E-state index contributed by atoms with van der Waals surface area (Å²) < 4.78 is 1.28. The fourth-order valence-electron chi connectivity index (χ4n) is 4.31. The third-order valence-electron chi connectivity index (χ3n) is 5.93. The molecule has 1 saturated carbocycles. The number of benzene rings is 1. The molecule has 0 radical (unpaired) electrons. The number of fused-ring (bicyclic) bond motifs is 1. The van der Waals surface area contributed by atoms with Crippen molar-refractivity contribution in [3.05, 3.63) is 29.3 Å². The van der Waals surface area contributed by atoms with Gasteiger partial charge >= 0.3 is 0 Å². The summed E-state index contributed by atoms with van der Waals surface area (Å²) in [6.45, 7) is 3.43. The molecule has 4 rings (SSSR count). The predicted octanol–water partition coefficient (Wildman–Crippen LogP) is 4.17. The van der Waals surface area contributed by atoms with Gasteiger partial charge in [-0.25, -0.2) is 4.98 Å². The number of nitrogens with one attached hydrogen (secondary N) is 1. The van der Waals surface area contributed by atoms with Crippen LogP contribution >= 0.6 is 11.3 Å². The first-order chi connectivity index (χ1) is 12.8. The fourth-order valence-corrected chi connectivity index (χ4v) is 5.45. The summed E-state index contributed by atoms with van der Waals surface area (Å²) in [5, 5.41) is 4.44. The predicted molar refractivity (Wildman–Crippen MR) is 108 cm³/mol. The minimum absolute atomic E-state index is 0.203. The van der Waals surface area contributed by atoms with Crippen LogP contribution in [-0.4, -0.2) is 42.0 Å². The molecule has 2 aliphatic rings. The van der Waals surface area contributed by atoms with Crippen molar-refractivity contribution in [2.75, 3.05) is 26.2 Å². The van der Waals surface area contributed by atoms with Gasteiger partial charge < -0.3 is 5.32 Å². The molecule has 0 spiro atoms. The number of thiazole rings is 1.